The van der Waals surface area contributed by atoms with E-state index in [0.29, 0.717) is 23.3 Å². The number of ether oxygens (including phenoxy) is 2. The summed E-state index contributed by atoms with van der Waals surface area (Å²) in [5.74, 6) is 3.59. The lowest BCUT2D eigenvalue weighted by Crippen LogP contribution is -2.30. The zero-order valence-electron chi connectivity index (χ0n) is 27.0. The van der Waals surface area contributed by atoms with Crippen LogP contribution in [0.2, 0.25) is 0 Å². The molecule has 2 aliphatic carbocycles. The third kappa shape index (κ3) is 11.5. The maximum absolute atomic E-state index is 13.8. The molecule has 42 heavy (non-hydrogen) atoms. The molecule has 1 atom stereocenters. The fourth-order valence-corrected chi connectivity index (χ4v) is 7.16. The van der Waals surface area contributed by atoms with Crippen molar-refractivity contribution in [3.63, 3.8) is 0 Å². The monoisotopic (exact) mass is 584 g/mol. The first-order valence-corrected chi connectivity index (χ1v) is 17.2. The number of hydrogen-bond acceptors (Lipinski definition) is 2. The zero-order valence-corrected chi connectivity index (χ0v) is 27.0. The molecule has 0 bridgehead atoms. The molecule has 2 aliphatic rings. The van der Waals surface area contributed by atoms with Gasteiger partial charge in [-0.3, -0.25) is 0 Å². The minimum atomic E-state index is -0.227. The van der Waals surface area contributed by atoms with Crippen LogP contribution < -0.4 is 9.47 Å². The quantitative estimate of drug-likeness (QED) is 0.206. The smallest absolute Gasteiger partial charge is 0.165 e. The van der Waals surface area contributed by atoms with E-state index < -0.39 is 0 Å². The summed E-state index contributed by atoms with van der Waals surface area (Å²) in [6, 6.07) is 12.0. The van der Waals surface area contributed by atoms with Crippen molar-refractivity contribution in [2.75, 3.05) is 7.11 Å². The first kappa shape index (κ1) is 34.4. The van der Waals surface area contributed by atoms with E-state index in [1.54, 1.807) is 18.2 Å². The largest absolute Gasteiger partial charge is 0.494 e. The van der Waals surface area contributed by atoms with Gasteiger partial charge in [-0.1, -0.05) is 97.1 Å². The van der Waals surface area contributed by atoms with Crippen LogP contribution in [0.3, 0.4) is 0 Å². The normalized spacial score (nSPS) is 23.0. The van der Waals surface area contributed by atoms with Gasteiger partial charge in [-0.25, -0.2) is 8.78 Å². The molecule has 0 radical (unpaired) electrons. The Morgan fingerprint density at radius 1 is 0.738 bits per heavy atom. The van der Waals surface area contributed by atoms with E-state index >= 15 is 0 Å². The molecule has 2 nitrogen and oxygen atoms in total. The molecule has 0 saturated heterocycles. The van der Waals surface area contributed by atoms with Crippen LogP contribution in [-0.2, 0) is 0 Å². The summed E-state index contributed by atoms with van der Waals surface area (Å²) in [5, 5.41) is 0. The summed E-state index contributed by atoms with van der Waals surface area (Å²) >= 11 is 0. The van der Waals surface area contributed by atoms with Gasteiger partial charge in [0.05, 0.1) is 7.11 Å². The second-order valence-electron chi connectivity index (χ2n) is 12.9. The highest BCUT2D eigenvalue weighted by Crippen LogP contribution is 2.39. The Balaban J connectivity index is 0.000000231. The van der Waals surface area contributed by atoms with E-state index in [2.05, 4.69) is 20.8 Å². The van der Waals surface area contributed by atoms with Crippen molar-refractivity contribution >= 4 is 0 Å². The number of methoxy groups -OCH3 is 1. The lowest BCUT2D eigenvalue weighted by atomic mass is 9.77. The molecular weight excluding hydrogens is 526 g/mol. The van der Waals surface area contributed by atoms with Crippen LogP contribution in [0.4, 0.5) is 8.78 Å². The molecule has 2 aromatic rings. The van der Waals surface area contributed by atoms with Gasteiger partial charge in [-0.05, 0) is 98.4 Å². The van der Waals surface area contributed by atoms with Crippen molar-refractivity contribution in [1.29, 1.82) is 0 Å². The fraction of sp³-hybridized carbons (Fsp3) is 0.684. The van der Waals surface area contributed by atoms with Crippen molar-refractivity contribution < 1.29 is 18.3 Å². The first-order chi connectivity index (χ1) is 20.5. The molecule has 0 spiro atoms. The number of halogens is 2. The third-order valence-electron chi connectivity index (χ3n) is 9.83. The van der Waals surface area contributed by atoms with Crippen molar-refractivity contribution in [3.05, 3.63) is 59.7 Å². The van der Waals surface area contributed by atoms with Crippen LogP contribution >= 0.6 is 0 Å². The Kier molecular flexibility index (Phi) is 15.7. The summed E-state index contributed by atoms with van der Waals surface area (Å²) in [6.07, 6.45) is 22.4. The van der Waals surface area contributed by atoms with Crippen molar-refractivity contribution in [2.24, 2.45) is 17.8 Å². The molecule has 0 heterocycles. The molecule has 4 heteroatoms. The summed E-state index contributed by atoms with van der Waals surface area (Å²) in [7, 11) is 1.51. The Morgan fingerprint density at radius 3 is 1.88 bits per heavy atom. The Bertz CT molecular complexity index is 992. The van der Waals surface area contributed by atoms with E-state index in [9.17, 15) is 8.78 Å². The number of hydrogen-bond donors (Lipinski definition) is 0. The lowest BCUT2D eigenvalue weighted by molar-refractivity contribution is 0.0892. The second kappa shape index (κ2) is 19.2. The van der Waals surface area contributed by atoms with Crippen LogP contribution in [0.5, 0.6) is 11.5 Å². The van der Waals surface area contributed by atoms with E-state index in [1.165, 1.54) is 122 Å². The van der Waals surface area contributed by atoms with Gasteiger partial charge >= 0.3 is 0 Å². The Hall–Kier alpha value is -2.10. The second-order valence-corrected chi connectivity index (χ2v) is 12.9. The van der Waals surface area contributed by atoms with Crippen LogP contribution in [0.25, 0.3) is 0 Å². The first-order valence-electron chi connectivity index (χ1n) is 17.2. The topological polar surface area (TPSA) is 18.5 Å². The summed E-state index contributed by atoms with van der Waals surface area (Å²) in [6.45, 7) is 6.71. The summed E-state index contributed by atoms with van der Waals surface area (Å²) < 4.78 is 38.1. The fourth-order valence-electron chi connectivity index (χ4n) is 7.16. The summed E-state index contributed by atoms with van der Waals surface area (Å²) in [5.41, 5.74) is 1.15. The molecule has 2 saturated carbocycles. The minimum Gasteiger partial charge on any atom is -0.494 e. The van der Waals surface area contributed by atoms with Gasteiger partial charge < -0.3 is 9.47 Å². The van der Waals surface area contributed by atoms with Crippen molar-refractivity contribution in [1.82, 2.24) is 0 Å². The highest BCUT2D eigenvalue weighted by atomic mass is 19.1. The average Bonchev–Trinajstić information content (AvgIpc) is 3.01. The third-order valence-corrected chi connectivity index (χ3v) is 9.83. The molecule has 2 aromatic carbocycles. The van der Waals surface area contributed by atoms with Gasteiger partial charge in [0, 0.05) is 6.07 Å². The highest BCUT2D eigenvalue weighted by Gasteiger charge is 2.28. The maximum atomic E-state index is 13.8. The average molecular weight is 585 g/mol. The predicted octanol–water partition coefficient (Wildman–Crippen LogP) is 12.1. The van der Waals surface area contributed by atoms with E-state index in [0.717, 1.165) is 23.8 Å². The molecule has 236 valence electrons. The molecule has 4 rings (SSSR count). The van der Waals surface area contributed by atoms with E-state index in [1.807, 2.05) is 12.1 Å². The number of benzene rings is 2. The number of rotatable bonds is 14. The number of unbranched alkanes of at least 4 members (excludes halogenated alkanes) is 4. The summed E-state index contributed by atoms with van der Waals surface area (Å²) in [4.78, 5) is 0. The van der Waals surface area contributed by atoms with Crippen LogP contribution in [-0.4, -0.2) is 13.2 Å². The molecule has 0 aromatic heterocycles. The highest BCUT2D eigenvalue weighted by molar-refractivity contribution is 5.31. The molecular formula is C38H58F2O2. The van der Waals surface area contributed by atoms with E-state index in [-0.39, 0.29) is 17.7 Å². The zero-order chi connectivity index (χ0) is 30.2. The van der Waals surface area contributed by atoms with Gasteiger partial charge in [0.2, 0.25) is 0 Å². The Morgan fingerprint density at radius 2 is 1.36 bits per heavy atom. The lowest BCUT2D eigenvalue weighted by Gasteiger charge is -2.33. The van der Waals surface area contributed by atoms with Gasteiger partial charge in [-0.15, -0.1) is 0 Å². The van der Waals surface area contributed by atoms with E-state index in [4.69, 9.17) is 9.47 Å². The molecule has 0 aliphatic heterocycles. The predicted molar refractivity (Wildman–Crippen MR) is 172 cm³/mol. The van der Waals surface area contributed by atoms with Gasteiger partial charge in [-0.2, -0.15) is 0 Å². The maximum Gasteiger partial charge on any atom is 0.165 e. The minimum absolute atomic E-state index is 0.216. The van der Waals surface area contributed by atoms with Crippen molar-refractivity contribution in [3.8, 4) is 11.5 Å². The molecule has 0 N–H and O–H groups in total. The molecule has 1 unspecified atom stereocenters. The SMILES string of the molecule is CCCCCC1CCC(C(CC)Oc2cccc(F)c2)CC1.CCCCCC1CCC(c2ccc(OC)c(F)c2)CC1. The van der Waals surface area contributed by atoms with Crippen molar-refractivity contribution in [2.45, 2.75) is 142 Å². The van der Waals surface area contributed by atoms with Gasteiger partial charge in [0.1, 0.15) is 17.7 Å². The standard InChI is InChI=1S/C20H31FO.C18H27FO/c1-3-5-6-8-16-11-13-17(14-12-16)20(4-2)22-19-10-7-9-18(21)15-19;1-3-4-5-6-14-7-9-15(10-8-14)16-11-12-18(20-2)17(19)13-16/h7,9-10,15-17,20H,3-6,8,11-14H2,1-2H3;11-15H,3-10H2,1-2H3. The van der Waals surface area contributed by atoms with Crippen LogP contribution in [0, 0.1) is 29.4 Å². The van der Waals surface area contributed by atoms with Gasteiger partial charge in [0.25, 0.3) is 0 Å². The van der Waals surface area contributed by atoms with Crippen LogP contribution in [0.15, 0.2) is 42.5 Å². The molecule has 2 fully saturated rings. The van der Waals surface area contributed by atoms with Gasteiger partial charge in [0.15, 0.2) is 11.6 Å². The van der Waals surface area contributed by atoms with Crippen LogP contribution in [0.1, 0.15) is 141 Å². The molecule has 0 amide bonds. The Labute approximate surface area is 256 Å².